The van der Waals surface area contributed by atoms with Crippen LogP contribution in [-0.4, -0.2) is 36.7 Å². The third-order valence-corrected chi connectivity index (χ3v) is 5.36. The molecule has 1 aliphatic rings. The maximum Gasteiger partial charge on any atom is 0.274 e. The summed E-state index contributed by atoms with van der Waals surface area (Å²) in [6.07, 6.45) is 1.52. The van der Waals surface area contributed by atoms with Gasteiger partial charge in [-0.05, 0) is 44.9 Å². The first-order chi connectivity index (χ1) is 13.9. The van der Waals surface area contributed by atoms with Crippen molar-refractivity contribution in [1.29, 1.82) is 0 Å². The van der Waals surface area contributed by atoms with Gasteiger partial charge in [0.1, 0.15) is 11.5 Å². The summed E-state index contributed by atoms with van der Waals surface area (Å²) < 4.78 is 2.84. The van der Waals surface area contributed by atoms with Gasteiger partial charge in [0.05, 0.1) is 23.0 Å². The number of hydrogen-bond acceptors (Lipinski definition) is 5. The molecular weight excluding hydrogens is 370 g/mol. The summed E-state index contributed by atoms with van der Waals surface area (Å²) in [4.78, 5) is 44.4. The smallest absolute Gasteiger partial charge is 0.274 e. The molecule has 1 amide bonds. The summed E-state index contributed by atoms with van der Waals surface area (Å²) in [5.41, 5.74) is 0.469. The van der Waals surface area contributed by atoms with Crippen molar-refractivity contribution in [1.82, 2.24) is 24.2 Å². The Morgan fingerprint density at radius 2 is 1.90 bits per heavy atom. The first-order valence-electron chi connectivity index (χ1n) is 9.75. The summed E-state index contributed by atoms with van der Waals surface area (Å²) in [5.74, 6) is 0.307. The molecule has 1 fully saturated rings. The zero-order valence-electron chi connectivity index (χ0n) is 16.7. The molecule has 0 radical (unpaired) electrons. The molecule has 29 heavy (non-hydrogen) atoms. The van der Waals surface area contributed by atoms with E-state index in [4.69, 9.17) is 4.98 Å². The summed E-state index contributed by atoms with van der Waals surface area (Å²) in [6, 6.07) is 9.59. The van der Waals surface area contributed by atoms with Gasteiger partial charge in [0.25, 0.3) is 17.0 Å². The lowest BCUT2D eigenvalue weighted by atomic mass is 10.1. The first-order valence-corrected chi connectivity index (χ1v) is 9.75. The molecule has 8 heteroatoms. The Labute approximate surface area is 167 Å². The van der Waals surface area contributed by atoms with Crippen molar-refractivity contribution in [3.05, 3.63) is 68.6 Å². The van der Waals surface area contributed by atoms with Gasteiger partial charge in [-0.15, -0.1) is 0 Å². The van der Waals surface area contributed by atoms with Gasteiger partial charge in [0.2, 0.25) is 0 Å². The van der Waals surface area contributed by atoms with Crippen LogP contribution in [0.15, 0.2) is 46.0 Å². The monoisotopic (exact) mass is 393 g/mol. The van der Waals surface area contributed by atoms with Crippen LogP contribution in [0.4, 0.5) is 0 Å². The molecule has 150 valence electrons. The average Bonchev–Trinajstić information content (AvgIpc) is 3.20. The van der Waals surface area contributed by atoms with Crippen LogP contribution in [0.25, 0.3) is 10.9 Å². The van der Waals surface area contributed by atoms with Crippen LogP contribution in [0.1, 0.15) is 55.1 Å². The van der Waals surface area contributed by atoms with E-state index in [0.717, 1.165) is 6.42 Å². The summed E-state index contributed by atoms with van der Waals surface area (Å²) in [7, 11) is 1.69. The van der Waals surface area contributed by atoms with Crippen LogP contribution in [0, 0.1) is 0 Å². The van der Waals surface area contributed by atoms with Crippen LogP contribution in [0.3, 0.4) is 0 Å². The topological polar surface area (TPSA) is 90.1 Å². The molecule has 4 rings (SSSR count). The number of carbonyl (C=O) groups is 1. The van der Waals surface area contributed by atoms with Gasteiger partial charge in [-0.1, -0.05) is 12.1 Å². The Balaban J connectivity index is 1.75. The number of fused-ring (bicyclic) bond motifs is 1. The molecule has 1 saturated heterocycles. The predicted molar refractivity (Wildman–Crippen MR) is 109 cm³/mol. The zero-order chi connectivity index (χ0) is 20.7. The molecule has 1 atom stereocenters. The van der Waals surface area contributed by atoms with Gasteiger partial charge in [0, 0.05) is 19.7 Å². The molecule has 0 N–H and O–H groups in total. The molecule has 1 unspecified atom stereocenters. The van der Waals surface area contributed by atoms with E-state index in [1.54, 1.807) is 24.1 Å². The van der Waals surface area contributed by atoms with Gasteiger partial charge in [-0.2, -0.15) is 5.10 Å². The van der Waals surface area contributed by atoms with Crippen molar-refractivity contribution in [3.63, 3.8) is 0 Å². The second kappa shape index (κ2) is 7.27. The number of benzene rings is 1. The summed E-state index contributed by atoms with van der Waals surface area (Å²) >= 11 is 0. The first kappa shape index (κ1) is 19.0. The molecule has 1 aliphatic heterocycles. The molecule has 0 aliphatic carbocycles. The van der Waals surface area contributed by atoms with Crippen molar-refractivity contribution in [2.45, 2.75) is 38.8 Å². The van der Waals surface area contributed by atoms with Crippen molar-refractivity contribution in [2.75, 3.05) is 6.54 Å². The van der Waals surface area contributed by atoms with Gasteiger partial charge in [0.15, 0.2) is 0 Å². The lowest BCUT2D eigenvalue weighted by molar-refractivity contribution is 0.0718. The molecule has 2 aromatic heterocycles. The minimum Gasteiger partial charge on any atom is -0.327 e. The van der Waals surface area contributed by atoms with Crippen molar-refractivity contribution < 1.29 is 4.79 Å². The largest absolute Gasteiger partial charge is 0.327 e. The van der Waals surface area contributed by atoms with Gasteiger partial charge in [-0.25, -0.2) is 9.67 Å². The fourth-order valence-electron chi connectivity index (χ4n) is 3.87. The normalized spacial score (nSPS) is 16.7. The highest BCUT2D eigenvalue weighted by molar-refractivity contribution is 5.92. The van der Waals surface area contributed by atoms with Gasteiger partial charge < -0.3 is 4.90 Å². The van der Waals surface area contributed by atoms with Crippen molar-refractivity contribution in [3.8, 4) is 0 Å². The highest BCUT2D eigenvalue weighted by atomic mass is 16.2. The Morgan fingerprint density at radius 3 is 2.66 bits per heavy atom. The lowest BCUT2D eigenvalue weighted by Gasteiger charge is -2.25. The number of para-hydroxylation sites is 1. The van der Waals surface area contributed by atoms with E-state index in [9.17, 15) is 14.4 Å². The van der Waals surface area contributed by atoms with Crippen molar-refractivity contribution >= 4 is 16.8 Å². The number of likely N-dealkylation sites (tertiary alicyclic amines) is 1. The number of amides is 1. The molecule has 0 bridgehead atoms. The number of aromatic nitrogens is 4. The van der Waals surface area contributed by atoms with Crippen LogP contribution in [0.2, 0.25) is 0 Å². The van der Waals surface area contributed by atoms with Crippen LogP contribution < -0.4 is 11.1 Å². The molecule has 1 aromatic carbocycles. The maximum atomic E-state index is 13.2. The highest BCUT2D eigenvalue weighted by Gasteiger charge is 2.34. The fourth-order valence-corrected chi connectivity index (χ4v) is 3.87. The number of hydrogen-bond donors (Lipinski definition) is 0. The minimum atomic E-state index is -0.314. The third kappa shape index (κ3) is 3.24. The molecule has 0 saturated carbocycles. The average molecular weight is 393 g/mol. The van der Waals surface area contributed by atoms with E-state index >= 15 is 0 Å². The van der Waals surface area contributed by atoms with Crippen LogP contribution >= 0.6 is 0 Å². The van der Waals surface area contributed by atoms with E-state index in [-0.39, 0.29) is 34.8 Å². The number of carbonyl (C=O) groups excluding carboxylic acids is 1. The van der Waals surface area contributed by atoms with Gasteiger partial charge in [-0.3, -0.25) is 19.0 Å². The third-order valence-electron chi connectivity index (χ3n) is 5.36. The quantitative estimate of drug-likeness (QED) is 0.679. The van der Waals surface area contributed by atoms with E-state index in [0.29, 0.717) is 29.7 Å². The van der Waals surface area contributed by atoms with Crippen molar-refractivity contribution in [2.24, 2.45) is 7.05 Å². The Kier molecular flexibility index (Phi) is 4.77. The Bertz CT molecular complexity index is 1210. The minimum absolute atomic E-state index is 0.128. The van der Waals surface area contributed by atoms with E-state index in [1.165, 1.54) is 21.4 Å². The molecule has 0 spiro atoms. The van der Waals surface area contributed by atoms with Crippen LogP contribution in [-0.2, 0) is 7.05 Å². The maximum absolute atomic E-state index is 13.2. The second-order valence-corrected chi connectivity index (χ2v) is 7.60. The fraction of sp³-hybridized carbons (Fsp3) is 0.381. The summed E-state index contributed by atoms with van der Waals surface area (Å²) in [6.45, 7) is 4.24. The zero-order valence-corrected chi connectivity index (χ0v) is 16.7. The standard InChI is InChI=1S/C21H23N5O3/c1-13(2)26-18(27)11-10-16(23-26)21(29)25-12-6-9-17(25)19-22-15-8-5-4-7-14(15)20(28)24(19)3/h4-5,7-8,10-11,13,17H,6,9,12H2,1-3H3. The summed E-state index contributed by atoms with van der Waals surface area (Å²) in [5, 5.41) is 4.81. The molecule has 3 heterocycles. The Morgan fingerprint density at radius 1 is 1.14 bits per heavy atom. The lowest BCUT2D eigenvalue weighted by Crippen LogP contribution is -2.36. The number of rotatable bonds is 3. The molecule has 3 aromatic rings. The number of nitrogens with zero attached hydrogens (tertiary/aromatic N) is 5. The van der Waals surface area contributed by atoms with Crippen LogP contribution in [0.5, 0.6) is 0 Å². The highest BCUT2D eigenvalue weighted by Crippen LogP contribution is 2.31. The Hall–Kier alpha value is -3.29. The molecule has 8 nitrogen and oxygen atoms in total. The second-order valence-electron chi connectivity index (χ2n) is 7.60. The van der Waals surface area contributed by atoms with E-state index < -0.39 is 0 Å². The van der Waals surface area contributed by atoms with Gasteiger partial charge >= 0.3 is 0 Å². The van der Waals surface area contributed by atoms with E-state index in [1.807, 2.05) is 26.0 Å². The van der Waals surface area contributed by atoms with E-state index in [2.05, 4.69) is 5.10 Å². The SMILES string of the molecule is CC(C)n1nc(C(=O)N2CCCC2c2nc3ccccc3c(=O)n2C)ccc1=O. The predicted octanol–water partition coefficient (Wildman–Crippen LogP) is 2.05. The molecular formula is C21H23N5O3.